The molecule has 0 saturated heterocycles. The van der Waals surface area contributed by atoms with Crippen molar-refractivity contribution in [1.82, 2.24) is 4.57 Å². The van der Waals surface area contributed by atoms with Crippen LogP contribution in [0.25, 0.3) is 21.8 Å². The van der Waals surface area contributed by atoms with E-state index in [0.717, 1.165) is 34.8 Å². The molecule has 0 aliphatic heterocycles. The number of aromatic nitrogens is 1. The molecule has 0 N–H and O–H groups in total. The first-order valence-electron chi connectivity index (χ1n) is 9.28. The molecule has 0 radical (unpaired) electrons. The molecule has 4 rings (SSSR count). The molecule has 1 aromatic heterocycles. The van der Waals surface area contributed by atoms with Crippen molar-refractivity contribution < 1.29 is 0 Å². The van der Waals surface area contributed by atoms with Gasteiger partial charge in [0.1, 0.15) is 0 Å². The predicted molar refractivity (Wildman–Crippen MR) is 110 cm³/mol. The van der Waals surface area contributed by atoms with Crippen molar-refractivity contribution >= 4 is 21.8 Å². The SMILES string of the molecule is CCC(C)c1ccc(Cn2c3ccccc3c(=O)c3ccccc32)cc1. The van der Waals surface area contributed by atoms with E-state index in [0.29, 0.717) is 5.92 Å². The summed E-state index contributed by atoms with van der Waals surface area (Å²) >= 11 is 0. The average Bonchev–Trinajstić information content (AvgIpc) is 2.71. The maximum absolute atomic E-state index is 12.8. The first-order chi connectivity index (χ1) is 12.7. The van der Waals surface area contributed by atoms with Crippen LogP contribution < -0.4 is 5.43 Å². The second kappa shape index (κ2) is 6.80. The van der Waals surface area contributed by atoms with Gasteiger partial charge in [-0.2, -0.15) is 0 Å². The molecule has 130 valence electrons. The zero-order valence-electron chi connectivity index (χ0n) is 15.3. The predicted octanol–water partition coefficient (Wildman–Crippen LogP) is 5.72. The average molecular weight is 341 g/mol. The lowest BCUT2D eigenvalue weighted by molar-refractivity contribution is 0.732. The van der Waals surface area contributed by atoms with Crippen LogP contribution in [-0.2, 0) is 6.54 Å². The van der Waals surface area contributed by atoms with Gasteiger partial charge in [0.15, 0.2) is 5.43 Å². The fourth-order valence-corrected chi connectivity index (χ4v) is 3.62. The highest BCUT2D eigenvalue weighted by Crippen LogP contribution is 2.22. The van der Waals surface area contributed by atoms with Crippen molar-refractivity contribution in [3.8, 4) is 0 Å². The molecule has 1 heterocycles. The fourth-order valence-electron chi connectivity index (χ4n) is 3.62. The van der Waals surface area contributed by atoms with Crippen LogP contribution in [0.5, 0.6) is 0 Å². The number of rotatable bonds is 4. The van der Waals surface area contributed by atoms with Crippen LogP contribution in [0.3, 0.4) is 0 Å². The third-order valence-electron chi connectivity index (χ3n) is 5.38. The van der Waals surface area contributed by atoms with E-state index in [4.69, 9.17) is 0 Å². The monoisotopic (exact) mass is 341 g/mol. The highest BCUT2D eigenvalue weighted by atomic mass is 16.1. The van der Waals surface area contributed by atoms with E-state index in [1.807, 2.05) is 48.5 Å². The highest BCUT2D eigenvalue weighted by Gasteiger charge is 2.10. The summed E-state index contributed by atoms with van der Waals surface area (Å²) in [5.41, 5.74) is 4.71. The second-order valence-electron chi connectivity index (χ2n) is 7.00. The Hall–Kier alpha value is -2.87. The molecular formula is C24H23NO. The first-order valence-corrected chi connectivity index (χ1v) is 9.28. The maximum atomic E-state index is 12.8. The Bertz CT molecular complexity index is 1060. The van der Waals surface area contributed by atoms with Gasteiger partial charge in [0.25, 0.3) is 0 Å². The first kappa shape index (κ1) is 16.6. The molecule has 1 unspecified atom stereocenters. The van der Waals surface area contributed by atoms with Gasteiger partial charge in [-0.25, -0.2) is 0 Å². The smallest absolute Gasteiger partial charge is 0.197 e. The summed E-state index contributed by atoms with van der Waals surface area (Å²) in [7, 11) is 0. The fraction of sp³-hybridized carbons (Fsp3) is 0.208. The van der Waals surface area contributed by atoms with Gasteiger partial charge in [0.2, 0.25) is 0 Å². The Balaban J connectivity index is 1.87. The van der Waals surface area contributed by atoms with E-state index >= 15 is 0 Å². The second-order valence-corrected chi connectivity index (χ2v) is 7.00. The third-order valence-corrected chi connectivity index (χ3v) is 5.38. The number of hydrogen-bond donors (Lipinski definition) is 0. The number of pyridine rings is 1. The van der Waals surface area contributed by atoms with Crippen molar-refractivity contribution in [2.75, 3.05) is 0 Å². The Morgan fingerprint density at radius 1 is 0.808 bits per heavy atom. The van der Waals surface area contributed by atoms with Crippen LogP contribution in [0.15, 0.2) is 77.6 Å². The van der Waals surface area contributed by atoms with Crippen LogP contribution in [0, 0.1) is 0 Å². The molecule has 2 heteroatoms. The summed E-state index contributed by atoms with van der Waals surface area (Å²) < 4.78 is 2.25. The molecule has 26 heavy (non-hydrogen) atoms. The Morgan fingerprint density at radius 3 is 1.88 bits per heavy atom. The minimum absolute atomic E-state index is 0.111. The van der Waals surface area contributed by atoms with E-state index < -0.39 is 0 Å². The normalized spacial score (nSPS) is 12.5. The van der Waals surface area contributed by atoms with E-state index in [1.54, 1.807) is 0 Å². The molecule has 0 spiro atoms. The summed E-state index contributed by atoms with van der Waals surface area (Å²) in [4.78, 5) is 12.8. The minimum Gasteiger partial charge on any atom is -0.336 e. The molecule has 4 aromatic rings. The minimum atomic E-state index is 0.111. The molecule has 1 atom stereocenters. The summed E-state index contributed by atoms with van der Waals surface area (Å²) in [6, 6.07) is 24.7. The number of hydrogen-bond acceptors (Lipinski definition) is 1. The van der Waals surface area contributed by atoms with Gasteiger partial charge in [0.05, 0.1) is 11.0 Å². The lowest BCUT2D eigenvalue weighted by Gasteiger charge is -2.16. The van der Waals surface area contributed by atoms with Crippen LogP contribution in [-0.4, -0.2) is 4.57 Å². The zero-order valence-corrected chi connectivity index (χ0v) is 15.3. The lowest BCUT2D eigenvalue weighted by Crippen LogP contribution is -2.12. The summed E-state index contributed by atoms with van der Waals surface area (Å²) in [5, 5.41) is 1.56. The number of nitrogens with zero attached hydrogens (tertiary/aromatic N) is 1. The molecule has 2 nitrogen and oxygen atoms in total. The standard InChI is InChI=1S/C24H23NO/c1-3-17(2)19-14-12-18(13-15-19)16-25-22-10-6-4-8-20(22)24(26)21-9-5-7-11-23(21)25/h4-15,17H,3,16H2,1-2H3. The van der Waals surface area contributed by atoms with Crippen LogP contribution in [0.1, 0.15) is 37.3 Å². The number of fused-ring (bicyclic) bond motifs is 2. The van der Waals surface area contributed by atoms with Gasteiger partial charge >= 0.3 is 0 Å². The third kappa shape index (κ3) is 2.82. The Labute approximate surface area is 153 Å². The summed E-state index contributed by atoms with van der Waals surface area (Å²) in [6.07, 6.45) is 1.15. The molecule has 0 amide bonds. The molecule has 0 aliphatic carbocycles. The van der Waals surface area contributed by atoms with E-state index in [-0.39, 0.29) is 5.43 Å². The van der Waals surface area contributed by atoms with E-state index in [1.165, 1.54) is 11.1 Å². The van der Waals surface area contributed by atoms with Crippen molar-refractivity contribution in [2.45, 2.75) is 32.7 Å². The van der Waals surface area contributed by atoms with Gasteiger partial charge in [-0.05, 0) is 47.7 Å². The van der Waals surface area contributed by atoms with Crippen LogP contribution >= 0.6 is 0 Å². The van der Waals surface area contributed by atoms with Crippen LogP contribution in [0.2, 0.25) is 0 Å². The number of para-hydroxylation sites is 2. The largest absolute Gasteiger partial charge is 0.336 e. The van der Waals surface area contributed by atoms with Gasteiger partial charge < -0.3 is 4.57 Å². The van der Waals surface area contributed by atoms with Crippen LogP contribution in [0.4, 0.5) is 0 Å². The lowest BCUT2D eigenvalue weighted by atomic mass is 9.97. The number of benzene rings is 3. The van der Waals surface area contributed by atoms with Gasteiger partial charge in [-0.3, -0.25) is 4.79 Å². The summed E-state index contributed by atoms with van der Waals surface area (Å²) in [5.74, 6) is 0.582. The highest BCUT2D eigenvalue weighted by molar-refractivity contribution is 5.93. The molecule has 3 aromatic carbocycles. The topological polar surface area (TPSA) is 22.0 Å². The zero-order chi connectivity index (χ0) is 18.1. The Morgan fingerprint density at radius 2 is 1.35 bits per heavy atom. The molecule has 0 bridgehead atoms. The maximum Gasteiger partial charge on any atom is 0.197 e. The van der Waals surface area contributed by atoms with Gasteiger partial charge in [-0.15, -0.1) is 0 Å². The van der Waals surface area contributed by atoms with E-state index in [9.17, 15) is 4.79 Å². The van der Waals surface area contributed by atoms with Gasteiger partial charge in [-0.1, -0.05) is 62.4 Å². The molecule has 0 fully saturated rings. The summed E-state index contributed by atoms with van der Waals surface area (Å²) in [6.45, 7) is 5.23. The van der Waals surface area contributed by atoms with Crippen molar-refractivity contribution in [1.29, 1.82) is 0 Å². The van der Waals surface area contributed by atoms with Crippen molar-refractivity contribution in [2.24, 2.45) is 0 Å². The molecular weight excluding hydrogens is 318 g/mol. The quantitative estimate of drug-likeness (QED) is 0.435. The molecule has 0 aliphatic rings. The Kier molecular flexibility index (Phi) is 4.34. The van der Waals surface area contributed by atoms with Crippen molar-refractivity contribution in [3.63, 3.8) is 0 Å². The molecule has 0 saturated carbocycles. The van der Waals surface area contributed by atoms with Gasteiger partial charge in [0, 0.05) is 17.3 Å². The van der Waals surface area contributed by atoms with E-state index in [2.05, 4.69) is 42.7 Å². The van der Waals surface area contributed by atoms with Crippen molar-refractivity contribution in [3.05, 3.63) is 94.1 Å².